The SMILES string of the molecule is CC1CCC(NC(=O)/C=C/c2ccc(O)cc2)C1. The zero-order chi connectivity index (χ0) is 13.0. The first kappa shape index (κ1) is 12.7. The molecule has 1 amide bonds. The van der Waals surface area contributed by atoms with Crippen molar-refractivity contribution >= 4 is 12.0 Å². The summed E-state index contributed by atoms with van der Waals surface area (Å²) in [5.74, 6) is 0.912. The first-order valence-corrected chi connectivity index (χ1v) is 6.41. The second kappa shape index (κ2) is 5.71. The lowest BCUT2D eigenvalue weighted by molar-refractivity contribution is -0.117. The normalized spacial score (nSPS) is 23.4. The highest BCUT2D eigenvalue weighted by atomic mass is 16.3. The maximum absolute atomic E-state index is 11.7. The molecule has 1 fully saturated rings. The molecule has 0 heterocycles. The summed E-state index contributed by atoms with van der Waals surface area (Å²) in [4.78, 5) is 11.7. The van der Waals surface area contributed by atoms with Crippen molar-refractivity contribution in [1.82, 2.24) is 5.32 Å². The van der Waals surface area contributed by atoms with Gasteiger partial charge in [-0.1, -0.05) is 19.1 Å². The largest absolute Gasteiger partial charge is 0.508 e. The molecule has 0 saturated heterocycles. The predicted molar refractivity (Wildman–Crippen MR) is 72.1 cm³/mol. The Labute approximate surface area is 108 Å². The molecule has 18 heavy (non-hydrogen) atoms. The fourth-order valence-electron chi connectivity index (χ4n) is 2.34. The van der Waals surface area contributed by atoms with Crippen molar-refractivity contribution in [2.24, 2.45) is 5.92 Å². The third-order valence-corrected chi connectivity index (χ3v) is 3.36. The van der Waals surface area contributed by atoms with Crippen LogP contribution in [-0.2, 0) is 4.79 Å². The van der Waals surface area contributed by atoms with Crippen LogP contribution in [0.3, 0.4) is 0 Å². The second-order valence-corrected chi connectivity index (χ2v) is 5.05. The van der Waals surface area contributed by atoms with Gasteiger partial charge in [-0.3, -0.25) is 4.79 Å². The minimum absolute atomic E-state index is 0.0397. The summed E-state index contributed by atoms with van der Waals surface area (Å²) in [5, 5.41) is 12.2. The lowest BCUT2D eigenvalue weighted by atomic mass is 10.1. The van der Waals surface area contributed by atoms with Crippen LogP contribution in [0.4, 0.5) is 0 Å². The third kappa shape index (κ3) is 3.62. The zero-order valence-electron chi connectivity index (χ0n) is 10.6. The summed E-state index contributed by atoms with van der Waals surface area (Å²) in [6.45, 7) is 2.22. The summed E-state index contributed by atoms with van der Waals surface area (Å²) in [6, 6.07) is 7.09. The number of hydrogen-bond donors (Lipinski definition) is 2. The van der Waals surface area contributed by atoms with Crippen LogP contribution in [0.5, 0.6) is 5.75 Å². The molecule has 1 aromatic rings. The lowest BCUT2D eigenvalue weighted by Crippen LogP contribution is -2.31. The number of amides is 1. The van der Waals surface area contributed by atoms with E-state index in [0.717, 1.165) is 24.3 Å². The van der Waals surface area contributed by atoms with Crippen LogP contribution >= 0.6 is 0 Å². The molecule has 0 aromatic heterocycles. The number of nitrogens with one attached hydrogen (secondary N) is 1. The molecule has 0 spiro atoms. The van der Waals surface area contributed by atoms with Gasteiger partial charge in [-0.15, -0.1) is 0 Å². The third-order valence-electron chi connectivity index (χ3n) is 3.36. The quantitative estimate of drug-likeness (QED) is 0.804. The van der Waals surface area contributed by atoms with Gasteiger partial charge in [0.25, 0.3) is 0 Å². The molecular weight excluding hydrogens is 226 g/mol. The van der Waals surface area contributed by atoms with Crippen molar-refractivity contribution in [3.05, 3.63) is 35.9 Å². The number of hydrogen-bond acceptors (Lipinski definition) is 2. The van der Waals surface area contributed by atoms with Crippen molar-refractivity contribution in [1.29, 1.82) is 0 Å². The Morgan fingerprint density at radius 2 is 2.06 bits per heavy atom. The monoisotopic (exact) mass is 245 g/mol. The van der Waals surface area contributed by atoms with Crippen LogP contribution in [0, 0.1) is 5.92 Å². The first-order valence-electron chi connectivity index (χ1n) is 6.41. The highest BCUT2D eigenvalue weighted by Crippen LogP contribution is 2.24. The van der Waals surface area contributed by atoms with E-state index in [-0.39, 0.29) is 11.7 Å². The van der Waals surface area contributed by atoms with Gasteiger partial charge < -0.3 is 10.4 Å². The zero-order valence-corrected chi connectivity index (χ0v) is 10.6. The predicted octanol–water partition coefficient (Wildman–Crippen LogP) is 2.71. The minimum Gasteiger partial charge on any atom is -0.508 e. The fraction of sp³-hybridized carbons (Fsp3) is 0.400. The average molecular weight is 245 g/mol. The lowest BCUT2D eigenvalue weighted by Gasteiger charge is -2.09. The molecule has 1 aliphatic carbocycles. The van der Waals surface area contributed by atoms with Crippen molar-refractivity contribution in [2.45, 2.75) is 32.2 Å². The van der Waals surface area contributed by atoms with Crippen LogP contribution in [0.1, 0.15) is 31.7 Å². The van der Waals surface area contributed by atoms with Crippen LogP contribution in [0.15, 0.2) is 30.3 Å². The number of carbonyl (C=O) groups is 1. The van der Waals surface area contributed by atoms with Gasteiger partial charge in [-0.05, 0) is 49.0 Å². The maximum Gasteiger partial charge on any atom is 0.244 e. The van der Waals surface area contributed by atoms with Crippen LogP contribution in [-0.4, -0.2) is 17.1 Å². The van der Waals surface area contributed by atoms with Gasteiger partial charge in [0.1, 0.15) is 5.75 Å². The van der Waals surface area contributed by atoms with Gasteiger partial charge in [0.05, 0.1) is 0 Å². The summed E-state index contributed by atoms with van der Waals surface area (Å²) >= 11 is 0. The number of aromatic hydroxyl groups is 1. The standard InChI is InChI=1S/C15H19NO2/c1-11-2-6-13(10-11)16-15(18)9-5-12-3-7-14(17)8-4-12/h3-5,7-9,11,13,17H,2,6,10H2,1H3,(H,16,18)/b9-5+. The van der Waals surface area contributed by atoms with E-state index in [1.54, 1.807) is 36.4 Å². The highest BCUT2D eigenvalue weighted by molar-refractivity contribution is 5.91. The molecule has 1 aliphatic rings. The molecule has 3 heteroatoms. The Morgan fingerprint density at radius 1 is 1.33 bits per heavy atom. The molecule has 1 aromatic carbocycles. The van der Waals surface area contributed by atoms with Gasteiger partial charge in [0, 0.05) is 12.1 Å². The summed E-state index contributed by atoms with van der Waals surface area (Å²) in [6.07, 6.45) is 6.67. The summed E-state index contributed by atoms with van der Waals surface area (Å²) in [7, 11) is 0. The molecule has 2 N–H and O–H groups in total. The van der Waals surface area contributed by atoms with Crippen molar-refractivity contribution in [3.8, 4) is 5.75 Å². The topological polar surface area (TPSA) is 49.3 Å². The Hall–Kier alpha value is -1.77. The second-order valence-electron chi connectivity index (χ2n) is 5.05. The van der Waals surface area contributed by atoms with E-state index in [0.29, 0.717) is 6.04 Å². The summed E-state index contributed by atoms with van der Waals surface area (Å²) < 4.78 is 0. The molecule has 2 rings (SSSR count). The number of phenolic OH excluding ortho intramolecular Hbond substituents is 1. The molecule has 2 atom stereocenters. The smallest absolute Gasteiger partial charge is 0.244 e. The van der Waals surface area contributed by atoms with Gasteiger partial charge in [-0.25, -0.2) is 0 Å². The Bertz CT molecular complexity index is 436. The van der Waals surface area contributed by atoms with Gasteiger partial charge in [-0.2, -0.15) is 0 Å². The minimum atomic E-state index is -0.0397. The van der Waals surface area contributed by atoms with Crippen LogP contribution in [0.25, 0.3) is 6.08 Å². The van der Waals surface area contributed by atoms with Gasteiger partial charge >= 0.3 is 0 Å². The average Bonchev–Trinajstić information content (AvgIpc) is 2.74. The maximum atomic E-state index is 11.7. The van der Waals surface area contributed by atoms with Crippen molar-refractivity contribution in [3.63, 3.8) is 0 Å². The number of benzene rings is 1. The van der Waals surface area contributed by atoms with Gasteiger partial charge in [0.15, 0.2) is 0 Å². The number of phenols is 1. The Kier molecular flexibility index (Phi) is 4.03. The van der Waals surface area contributed by atoms with E-state index >= 15 is 0 Å². The molecule has 3 nitrogen and oxygen atoms in total. The summed E-state index contributed by atoms with van der Waals surface area (Å²) in [5.41, 5.74) is 0.905. The Balaban J connectivity index is 1.85. The molecule has 96 valence electrons. The van der Waals surface area contributed by atoms with Crippen molar-refractivity contribution in [2.75, 3.05) is 0 Å². The van der Waals surface area contributed by atoms with Crippen LogP contribution in [0.2, 0.25) is 0 Å². The molecule has 0 bridgehead atoms. The first-order chi connectivity index (χ1) is 8.63. The van der Waals surface area contributed by atoms with E-state index in [2.05, 4.69) is 12.2 Å². The molecule has 0 radical (unpaired) electrons. The Morgan fingerprint density at radius 3 is 2.67 bits per heavy atom. The molecule has 0 aliphatic heterocycles. The van der Waals surface area contributed by atoms with Crippen LogP contribution < -0.4 is 5.32 Å². The van der Waals surface area contributed by atoms with E-state index in [1.807, 2.05) is 0 Å². The molecule has 2 unspecified atom stereocenters. The van der Waals surface area contributed by atoms with E-state index < -0.39 is 0 Å². The molecular formula is C15H19NO2. The highest BCUT2D eigenvalue weighted by Gasteiger charge is 2.21. The van der Waals surface area contributed by atoms with E-state index in [4.69, 9.17) is 5.11 Å². The van der Waals surface area contributed by atoms with E-state index in [9.17, 15) is 4.79 Å². The van der Waals surface area contributed by atoms with Gasteiger partial charge in [0.2, 0.25) is 5.91 Å². The molecule has 1 saturated carbocycles. The van der Waals surface area contributed by atoms with E-state index in [1.165, 1.54) is 6.42 Å². The fourth-order valence-corrected chi connectivity index (χ4v) is 2.34. The number of rotatable bonds is 3. The van der Waals surface area contributed by atoms with Crippen molar-refractivity contribution < 1.29 is 9.90 Å². The number of carbonyl (C=O) groups excluding carboxylic acids is 1.